The molecule has 4 nitrogen and oxygen atoms in total. The Bertz CT molecular complexity index is 1210. The third-order valence-corrected chi connectivity index (χ3v) is 6.98. The van der Waals surface area contributed by atoms with Crippen LogP contribution in [0.1, 0.15) is 15.9 Å². The van der Waals surface area contributed by atoms with Crippen molar-refractivity contribution in [1.82, 2.24) is 4.98 Å². The number of thiazole rings is 1. The Morgan fingerprint density at radius 2 is 1.65 bits per heavy atom. The Balaban J connectivity index is 1.40. The number of hydrogen-bond acceptors (Lipinski definition) is 5. The van der Waals surface area contributed by atoms with Gasteiger partial charge in [0.25, 0.3) is 0 Å². The van der Waals surface area contributed by atoms with Gasteiger partial charge in [0.05, 0.1) is 17.1 Å². The zero-order valence-electron chi connectivity index (χ0n) is 16.2. The molecule has 0 atom stereocenters. The van der Waals surface area contributed by atoms with Gasteiger partial charge in [-0.3, -0.25) is 9.59 Å². The molecule has 0 saturated carbocycles. The SMILES string of the molecule is O=C(CSc1nc(-c2ccc(Br)cc2)cs1)Nc1ccccc1C(=O)c1ccccc1. The summed E-state index contributed by atoms with van der Waals surface area (Å²) in [5.41, 5.74) is 3.49. The molecule has 0 fully saturated rings. The van der Waals surface area contributed by atoms with Crippen molar-refractivity contribution in [3.05, 3.63) is 99.8 Å². The molecule has 0 saturated heterocycles. The number of aromatic nitrogens is 1. The van der Waals surface area contributed by atoms with Crippen molar-refractivity contribution in [2.45, 2.75) is 4.34 Å². The summed E-state index contributed by atoms with van der Waals surface area (Å²) in [6, 6.07) is 24.1. The molecule has 4 aromatic rings. The maximum atomic E-state index is 12.8. The third-order valence-electron chi connectivity index (χ3n) is 4.43. The van der Waals surface area contributed by atoms with Crippen LogP contribution >= 0.6 is 39.0 Å². The van der Waals surface area contributed by atoms with Crippen LogP contribution in [0.15, 0.2) is 93.1 Å². The fourth-order valence-corrected chi connectivity index (χ4v) is 4.83. The number of nitrogens with one attached hydrogen (secondary N) is 1. The van der Waals surface area contributed by atoms with E-state index in [9.17, 15) is 9.59 Å². The van der Waals surface area contributed by atoms with E-state index in [1.807, 2.05) is 47.8 Å². The van der Waals surface area contributed by atoms with Crippen molar-refractivity contribution in [3.63, 3.8) is 0 Å². The maximum Gasteiger partial charge on any atom is 0.234 e. The average molecular weight is 509 g/mol. The van der Waals surface area contributed by atoms with Crippen LogP contribution in [0.4, 0.5) is 5.69 Å². The van der Waals surface area contributed by atoms with E-state index in [4.69, 9.17) is 0 Å². The Kier molecular flexibility index (Phi) is 6.96. The predicted octanol–water partition coefficient (Wildman–Crippen LogP) is 6.53. The minimum atomic E-state index is -0.182. The summed E-state index contributed by atoms with van der Waals surface area (Å²) in [5, 5.41) is 4.85. The Hall–Kier alpha value is -2.74. The number of rotatable bonds is 7. The molecule has 1 N–H and O–H groups in total. The Labute approximate surface area is 196 Å². The quantitative estimate of drug-likeness (QED) is 0.227. The van der Waals surface area contributed by atoms with E-state index in [-0.39, 0.29) is 17.4 Å². The van der Waals surface area contributed by atoms with Crippen molar-refractivity contribution in [2.24, 2.45) is 0 Å². The second-order valence-corrected chi connectivity index (χ2v) is 9.58. The molecule has 0 spiro atoms. The van der Waals surface area contributed by atoms with E-state index >= 15 is 0 Å². The van der Waals surface area contributed by atoms with Gasteiger partial charge in [-0.15, -0.1) is 11.3 Å². The Morgan fingerprint density at radius 3 is 2.42 bits per heavy atom. The first-order valence-corrected chi connectivity index (χ1v) is 12.1. The minimum absolute atomic E-state index is 0.122. The highest BCUT2D eigenvalue weighted by Gasteiger charge is 2.15. The smallest absolute Gasteiger partial charge is 0.234 e. The van der Waals surface area contributed by atoms with Crippen molar-refractivity contribution in [3.8, 4) is 11.3 Å². The van der Waals surface area contributed by atoms with E-state index in [2.05, 4.69) is 26.2 Å². The van der Waals surface area contributed by atoms with Crippen molar-refractivity contribution in [2.75, 3.05) is 11.1 Å². The second-order valence-electron chi connectivity index (χ2n) is 6.58. The Morgan fingerprint density at radius 1 is 0.935 bits per heavy atom. The van der Waals surface area contributed by atoms with Crippen molar-refractivity contribution >= 4 is 56.4 Å². The summed E-state index contributed by atoms with van der Waals surface area (Å²) >= 11 is 6.32. The van der Waals surface area contributed by atoms with E-state index < -0.39 is 0 Å². The highest BCUT2D eigenvalue weighted by Crippen LogP contribution is 2.29. The zero-order valence-corrected chi connectivity index (χ0v) is 19.5. The number of nitrogens with zero attached hydrogens (tertiary/aromatic N) is 1. The first kappa shape index (κ1) is 21.5. The van der Waals surface area contributed by atoms with Gasteiger partial charge < -0.3 is 5.32 Å². The van der Waals surface area contributed by atoms with E-state index in [1.54, 1.807) is 36.4 Å². The molecular weight excluding hydrogens is 492 g/mol. The molecule has 31 heavy (non-hydrogen) atoms. The number of anilines is 1. The highest BCUT2D eigenvalue weighted by atomic mass is 79.9. The lowest BCUT2D eigenvalue weighted by Crippen LogP contribution is -2.16. The number of hydrogen-bond donors (Lipinski definition) is 1. The maximum absolute atomic E-state index is 12.8. The fraction of sp³-hybridized carbons (Fsp3) is 0.0417. The number of carbonyl (C=O) groups excluding carboxylic acids is 2. The zero-order chi connectivity index (χ0) is 21.6. The van der Waals surface area contributed by atoms with Gasteiger partial charge >= 0.3 is 0 Å². The highest BCUT2D eigenvalue weighted by molar-refractivity contribution is 9.10. The molecule has 0 aliphatic heterocycles. The summed E-state index contributed by atoms with van der Waals surface area (Å²) in [6.07, 6.45) is 0. The fourth-order valence-electron chi connectivity index (χ4n) is 2.93. The lowest BCUT2D eigenvalue weighted by atomic mass is 10.0. The topological polar surface area (TPSA) is 59.1 Å². The van der Waals surface area contributed by atoms with Gasteiger partial charge in [-0.05, 0) is 24.3 Å². The predicted molar refractivity (Wildman–Crippen MR) is 131 cm³/mol. The molecule has 0 aliphatic rings. The van der Waals surface area contributed by atoms with Gasteiger partial charge in [0.15, 0.2) is 10.1 Å². The minimum Gasteiger partial charge on any atom is -0.325 e. The number of amides is 1. The van der Waals surface area contributed by atoms with Crippen LogP contribution in [0.2, 0.25) is 0 Å². The van der Waals surface area contributed by atoms with Crippen LogP contribution in [0.25, 0.3) is 11.3 Å². The number of benzene rings is 3. The summed E-state index contributed by atoms with van der Waals surface area (Å²) in [5.74, 6) is -0.0943. The summed E-state index contributed by atoms with van der Waals surface area (Å²) in [4.78, 5) is 30.0. The molecular formula is C24H17BrN2O2S2. The molecule has 0 radical (unpaired) electrons. The number of thioether (sulfide) groups is 1. The van der Waals surface area contributed by atoms with Crippen LogP contribution < -0.4 is 5.32 Å². The van der Waals surface area contributed by atoms with Crippen molar-refractivity contribution < 1.29 is 9.59 Å². The molecule has 1 amide bonds. The van der Waals surface area contributed by atoms with Gasteiger partial charge in [-0.2, -0.15) is 0 Å². The van der Waals surface area contributed by atoms with Crippen LogP contribution in [0.5, 0.6) is 0 Å². The first-order valence-electron chi connectivity index (χ1n) is 9.43. The first-order chi connectivity index (χ1) is 15.1. The largest absolute Gasteiger partial charge is 0.325 e. The lowest BCUT2D eigenvalue weighted by Gasteiger charge is -2.10. The monoisotopic (exact) mass is 508 g/mol. The van der Waals surface area contributed by atoms with Gasteiger partial charge in [0, 0.05) is 26.5 Å². The standard InChI is InChI=1S/C24H17BrN2O2S2/c25-18-12-10-16(11-13-18)21-14-30-24(27-21)31-15-22(28)26-20-9-5-4-8-19(20)23(29)17-6-2-1-3-7-17/h1-14H,15H2,(H,26,28). The molecule has 7 heteroatoms. The average Bonchev–Trinajstić information content (AvgIpc) is 3.28. The molecule has 1 aromatic heterocycles. The molecule has 4 rings (SSSR count). The molecule has 0 bridgehead atoms. The lowest BCUT2D eigenvalue weighted by molar-refractivity contribution is -0.113. The normalized spacial score (nSPS) is 10.6. The van der Waals surface area contributed by atoms with Crippen LogP contribution in [0, 0.1) is 0 Å². The van der Waals surface area contributed by atoms with Crippen molar-refractivity contribution in [1.29, 1.82) is 0 Å². The van der Waals surface area contributed by atoms with Gasteiger partial charge in [-0.1, -0.05) is 82.3 Å². The van der Waals surface area contributed by atoms with Gasteiger partial charge in [-0.25, -0.2) is 4.98 Å². The summed E-state index contributed by atoms with van der Waals surface area (Å²) in [6.45, 7) is 0. The molecule has 1 heterocycles. The third kappa shape index (κ3) is 5.50. The number of ketones is 1. The van der Waals surface area contributed by atoms with Crippen LogP contribution in [0.3, 0.4) is 0 Å². The van der Waals surface area contributed by atoms with E-state index in [0.717, 1.165) is 20.1 Å². The van der Waals surface area contributed by atoms with E-state index in [1.165, 1.54) is 23.1 Å². The summed E-state index contributed by atoms with van der Waals surface area (Å²) < 4.78 is 1.84. The van der Waals surface area contributed by atoms with E-state index in [0.29, 0.717) is 16.8 Å². The molecule has 0 unspecified atom stereocenters. The van der Waals surface area contributed by atoms with Gasteiger partial charge in [0.2, 0.25) is 5.91 Å². The van der Waals surface area contributed by atoms with Crippen LogP contribution in [-0.4, -0.2) is 22.4 Å². The molecule has 3 aromatic carbocycles. The molecule has 0 aliphatic carbocycles. The second kappa shape index (κ2) is 10.0. The number of carbonyl (C=O) groups is 2. The number of para-hydroxylation sites is 1. The summed E-state index contributed by atoms with van der Waals surface area (Å²) in [7, 11) is 0. The molecule has 154 valence electrons. The van der Waals surface area contributed by atoms with Crippen LogP contribution in [-0.2, 0) is 4.79 Å². The van der Waals surface area contributed by atoms with Gasteiger partial charge in [0.1, 0.15) is 0 Å². The number of halogens is 1.